The summed E-state index contributed by atoms with van der Waals surface area (Å²) in [6, 6.07) is 7.92. The second kappa shape index (κ2) is 6.48. The van der Waals surface area contributed by atoms with Gasteiger partial charge in [-0.2, -0.15) is 0 Å². The normalized spacial score (nSPS) is 9.88. The van der Waals surface area contributed by atoms with Crippen LogP contribution >= 0.6 is 15.9 Å². The van der Waals surface area contributed by atoms with Crippen molar-refractivity contribution < 1.29 is 9.53 Å². The third-order valence-electron chi connectivity index (χ3n) is 2.14. The van der Waals surface area contributed by atoms with E-state index in [0.717, 1.165) is 23.7 Å². The zero-order valence-electron chi connectivity index (χ0n) is 9.33. The van der Waals surface area contributed by atoms with Gasteiger partial charge in [-0.15, -0.1) is 0 Å². The second-order valence-corrected chi connectivity index (χ2v) is 4.30. The molecule has 16 heavy (non-hydrogen) atoms. The summed E-state index contributed by atoms with van der Waals surface area (Å²) in [4.78, 5) is 10.7. The van der Waals surface area contributed by atoms with Crippen LogP contribution < -0.4 is 0 Å². The summed E-state index contributed by atoms with van der Waals surface area (Å²) in [5.74, 6) is 0.0629. The Hall–Kier alpha value is -1.09. The van der Waals surface area contributed by atoms with Crippen molar-refractivity contribution in [3.8, 4) is 0 Å². The molecule has 0 aliphatic carbocycles. The first-order valence-corrected chi connectivity index (χ1v) is 6.28. The molecule has 0 aliphatic rings. The highest BCUT2D eigenvalue weighted by atomic mass is 79.9. The molecule has 0 saturated heterocycles. The SMILES string of the molecule is C=C(OC(C)=O)c1ccc(CCCBr)cc1. The van der Waals surface area contributed by atoms with Gasteiger partial charge in [0, 0.05) is 17.8 Å². The Bertz CT molecular complexity index is 368. The van der Waals surface area contributed by atoms with Gasteiger partial charge in [-0.3, -0.25) is 4.79 Å². The largest absolute Gasteiger partial charge is 0.427 e. The van der Waals surface area contributed by atoms with Gasteiger partial charge in [-0.1, -0.05) is 46.8 Å². The summed E-state index contributed by atoms with van der Waals surface area (Å²) in [5, 5.41) is 1.01. The van der Waals surface area contributed by atoms with Crippen LogP contribution in [0.1, 0.15) is 24.5 Å². The first-order chi connectivity index (χ1) is 7.63. The summed E-state index contributed by atoms with van der Waals surface area (Å²) < 4.78 is 4.92. The maximum Gasteiger partial charge on any atom is 0.308 e. The summed E-state index contributed by atoms with van der Waals surface area (Å²) in [6.45, 7) is 5.08. The molecule has 0 radical (unpaired) electrons. The molecule has 1 aromatic rings. The number of esters is 1. The van der Waals surface area contributed by atoms with Crippen molar-refractivity contribution in [2.24, 2.45) is 0 Å². The van der Waals surface area contributed by atoms with Crippen molar-refractivity contribution in [1.82, 2.24) is 0 Å². The summed E-state index contributed by atoms with van der Waals surface area (Å²) >= 11 is 3.40. The van der Waals surface area contributed by atoms with Gasteiger partial charge in [0.2, 0.25) is 0 Å². The Labute approximate surface area is 104 Å². The molecule has 3 heteroatoms. The van der Waals surface area contributed by atoms with Gasteiger partial charge in [-0.25, -0.2) is 0 Å². The Morgan fingerprint density at radius 3 is 2.50 bits per heavy atom. The van der Waals surface area contributed by atoms with Crippen LogP contribution in [-0.4, -0.2) is 11.3 Å². The van der Waals surface area contributed by atoms with Gasteiger partial charge >= 0.3 is 5.97 Å². The number of rotatable bonds is 5. The van der Waals surface area contributed by atoms with Crippen molar-refractivity contribution in [3.05, 3.63) is 42.0 Å². The van der Waals surface area contributed by atoms with Crippen molar-refractivity contribution in [2.45, 2.75) is 19.8 Å². The average molecular weight is 283 g/mol. The average Bonchev–Trinajstić information content (AvgIpc) is 2.26. The predicted molar refractivity (Wildman–Crippen MR) is 69.4 cm³/mol. The number of hydrogen-bond donors (Lipinski definition) is 0. The summed E-state index contributed by atoms with van der Waals surface area (Å²) in [6.07, 6.45) is 2.16. The van der Waals surface area contributed by atoms with E-state index >= 15 is 0 Å². The van der Waals surface area contributed by atoms with Crippen LogP contribution in [0.5, 0.6) is 0 Å². The molecule has 0 spiro atoms. The Balaban J connectivity index is 2.63. The Morgan fingerprint density at radius 2 is 2.00 bits per heavy atom. The molecule has 0 unspecified atom stereocenters. The standard InChI is InChI=1S/C13H15BrO2/c1-10(16-11(2)15)13-7-5-12(6-8-13)4-3-9-14/h5-8H,1,3-4,9H2,2H3. The van der Waals surface area contributed by atoms with E-state index in [0.29, 0.717) is 5.76 Å². The monoisotopic (exact) mass is 282 g/mol. The highest BCUT2D eigenvalue weighted by Gasteiger charge is 2.02. The predicted octanol–water partition coefficient (Wildman–Crippen LogP) is 3.55. The second-order valence-electron chi connectivity index (χ2n) is 3.51. The number of carbonyl (C=O) groups is 1. The van der Waals surface area contributed by atoms with Crippen molar-refractivity contribution in [2.75, 3.05) is 5.33 Å². The summed E-state index contributed by atoms with van der Waals surface area (Å²) in [7, 11) is 0. The minimum absolute atomic E-state index is 0.339. The first-order valence-electron chi connectivity index (χ1n) is 5.16. The smallest absolute Gasteiger partial charge is 0.308 e. The lowest BCUT2D eigenvalue weighted by Crippen LogP contribution is -1.97. The molecule has 0 bridgehead atoms. The number of carbonyl (C=O) groups excluding carboxylic acids is 1. The molecule has 0 N–H and O–H groups in total. The number of halogens is 1. The van der Waals surface area contributed by atoms with Gasteiger partial charge in [0.25, 0.3) is 0 Å². The molecule has 0 atom stereocenters. The van der Waals surface area contributed by atoms with Crippen LogP contribution in [0.2, 0.25) is 0 Å². The Kier molecular flexibility index (Phi) is 5.26. The van der Waals surface area contributed by atoms with E-state index in [2.05, 4.69) is 22.5 Å². The van der Waals surface area contributed by atoms with E-state index < -0.39 is 0 Å². The molecule has 0 saturated carbocycles. The van der Waals surface area contributed by atoms with Crippen LogP contribution in [0.15, 0.2) is 30.8 Å². The van der Waals surface area contributed by atoms with Crippen molar-refractivity contribution in [1.29, 1.82) is 0 Å². The van der Waals surface area contributed by atoms with E-state index in [1.54, 1.807) is 0 Å². The molecular weight excluding hydrogens is 268 g/mol. The molecule has 1 rings (SSSR count). The lowest BCUT2D eigenvalue weighted by atomic mass is 10.1. The van der Waals surface area contributed by atoms with Gasteiger partial charge in [0.1, 0.15) is 5.76 Å². The number of hydrogen-bond acceptors (Lipinski definition) is 2. The molecule has 0 aromatic heterocycles. The van der Waals surface area contributed by atoms with Crippen LogP contribution in [0, 0.1) is 0 Å². The minimum atomic E-state index is -0.339. The number of benzene rings is 1. The fourth-order valence-corrected chi connectivity index (χ4v) is 1.64. The zero-order chi connectivity index (χ0) is 12.0. The third-order valence-corrected chi connectivity index (χ3v) is 2.70. The summed E-state index contributed by atoms with van der Waals surface area (Å²) in [5.41, 5.74) is 2.12. The molecule has 2 nitrogen and oxygen atoms in total. The van der Waals surface area contributed by atoms with E-state index in [1.165, 1.54) is 12.5 Å². The van der Waals surface area contributed by atoms with Crippen LogP contribution in [0.3, 0.4) is 0 Å². The highest BCUT2D eigenvalue weighted by Crippen LogP contribution is 2.15. The van der Waals surface area contributed by atoms with E-state index in [-0.39, 0.29) is 5.97 Å². The lowest BCUT2D eigenvalue weighted by molar-refractivity contribution is -0.134. The van der Waals surface area contributed by atoms with Gasteiger partial charge < -0.3 is 4.74 Å². The molecule has 86 valence electrons. The van der Waals surface area contributed by atoms with Crippen LogP contribution in [-0.2, 0) is 16.0 Å². The molecule has 0 aliphatic heterocycles. The number of alkyl halides is 1. The maximum absolute atomic E-state index is 10.7. The van der Waals surface area contributed by atoms with E-state index in [1.807, 2.05) is 24.3 Å². The highest BCUT2D eigenvalue weighted by molar-refractivity contribution is 9.09. The van der Waals surface area contributed by atoms with Gasteiger partial charge in [0.05, 0.1) is 0 Å². The fourth-order valence-electron chi connectivity index (χ4n) is 1.36. The van der Waals surface area contributed by atoms with Crippen molar-refractivity contribution >= 4 is 27.7 Å². The molecule has 0 heterocycles. The molecule has 1 aromatic carbocycles. The Morgan fingerprint density at radius 1 is 1.38 bits per heavy atom. The minimum Gasteiger partial charge on any atom is -0.427 e. The van der Waals surface area contributed by atoms with Gasteiger partial charge in [0.15, 0.2) is 0 Å². The van der Waals surface area contributed by atoms with Gasteiger partial charge in [-0.05, 0) is 18.4 Å². The molecular formula is C13H15BrO2. The van der Waals surface area contributed by atoms with Crippen molar-refractivity contribution in [3.63, 3.8) is 0 Å². The van der Waals surface area contributed by atoms with Crippen LogP contribution in [0.25, 0.3) is 5.76 Å². The maximum atomic E-state index is 10.7. The number of ether oxygens (including phenoxy) is 1. The first kappa shape index (κ1) is 13.0. The third kappa shape index (κ3) is 4.19. The topological polar surface area (TPSA) is 26.3 Å². The quantitative estimate of drug-likeness (QED) is 0.469. The molecule has 0 amide bonds. The molecule has 0 fully saturated rings. The van der Waals surface area contributed by atoms with E-state index in [9.17, 15) is 4.79 Å². The fraction of sp³-hybridized carbons (Fsp3) is 0.308. The zero-order valence-corrected chi connectivity index (χ0v) is 10.9. The lowest BCUT2D eigenvalue weighted by Gasteiger charge is -2.06. The number of aryl methyl sites for hydroxylation is 1. The van der Waals surface area contributed by atoms with E-state index in [4.69, 9.17) is 4.74 Å². The van der Waals surface area contributed by atoms with Crippen LogP contribution in [0.4, 0.5) is 0 Å².